The van der Waals surface area contributed by atoms with Crippen LogP contribution in [0.5, 0.6) is 0 Å². The van der Waals surface area contributed by atoms with Crippen LogP contribution in [0.3, 0.4) is 0 Å². The van der Waals surface area contributed by atoms with Crippen molar-refractivity contribution in [3.8, 4) is 0 Å². The van der Waals surface area contributed by atoms with Gasteiger partial charge in [-0.3, -0.25) is 0 Å². The Morgan fingerprint density at radius 3 is 2.23 bits per heavy atom. The van der Waals surface area contributed by atoms with Gasteiger partial charge in [0.05, 0.1) is 5.75 Å². The lowest BCUT2D eigenvalue weighted by atomic mass is 9.91. The zero-order valence-corrected chi connectivity index (χ0v) is 25.8. The number of sulfonamides is 1. The van der Waals surface area contributed by atoms with Gasteiger partial charge in [0.25, 0.3) is 0 Å². The minimum atomic E-state index is -3.21. The number of aromatic nitrogens is 2. The van der Waals surface area contributed by atoms with Gasteiger partial charge in [-0.2, -0.15) is 8.68 Å². The zero-order valence-electron chi connectivity index (χ0n) is 24.1. The van der Waals surface area contributed by atoms with Crippen LogP contribution in [0, 0.1) is 0 Å². The second kappa shape index (κ2) is 14.3. The van der Waals surface area contributed by atoms with E-state index in [1.807, 2.05) is 26.2 Å². The third-order valence-electron chi connectivity index (χ3n) is 7.63. The number of piperazine rings is 1. The third kappa shape index (κ3) is 8.17. The van der Waals surface area contributed by atoms with Crippen LogP contribution in [-0.2, 0) is 16.4 Å². The molecule has 1 unspecified atom stereocenters. The lowest BCUT2D eigenvalue weighted by Crippen LogP contribution is -2.49. The molecule has 0 amide bonds. The van der Waals surface area contributed by atoms with Crippen molar-refractivity contribution in [2.24, 2.45) is 0 Å². The molecule has 218 valence electrons. The van der Waals surface area contributed by atoms with Gasteiger partial charge in [-0.15, -0.1) is 0 Å². The van der Waals surface area contributed by atoms with Crippen molar-refractivity contribution < 1.29 is 8.42 Å². The first-order valence-electron chi connectivity index (χ1n) is 14.4. The number of unbranched alkanes of at least 4 members (excludes halogenated alkanes) is 5. The summed E-state index contributed by atoms with van der Waals surface area (Å²) in [5.41, 5.74) is 10.2. The number of nitrogen functional groups attached to an aromatic ring is 1. The molecule has 1 fully saturated rings. The minimum Gasteiger partial charge on any atom is -0.399 e. The molecular formula is C30H44N6O2S2. The average Bonchev–Trinajstić information content (AvgIpc) is 3.45. The molecule has 0 saturated carbocycles. The second-order valence-electron chi connectivity index (χ2n) is 10.9. The van der Waals surface area contributed by atoms with Gasteiger partial charge in [-0.05, 0) is 48.2 Å². The summed E-state index contributed by atoms with van der Waals surface area (Å²) in [6.45, 7) is 4.43. The highest BCUT2D eigenvalue weighted by Gasteiger charge is 2.29. The zero-order chi connectivity index (χ0) is 28.5. The van der Waals surface area contributed by atoms with Gasteiger partial charge >= 0.3 is 0 Å². The molecule has 4 rings (SSSR count). The fourth-order valence-corrected chi connectivity index (χ4v) is 7.42. The molecule has 2 aromatic carbocycles. The van der Waals surface area contributed by atoms with E-state index in [0.29, 0.717) is 26.2 Å². The highest BCUT2D eigenvalue weighted by atomic mass is 32.2. The number of hydrogen-bond donors (Lipinski definition) is 1. The number of benzene rings is 2. The van der Waals surface area contributed by atoms with Gasteiger partial charge in [0.1, 0.15) is 0 Å². The first kappa shape index (κ1) is 30.3. The molecule has 1 aromatic heterocycles. The normalized spacial score (nSPS) is 15.3. The maximum atomic E-state index is 12.9. The second-order valence-corrected chi connectivity index (χ2v) is 13.7. The first-order valence-corrected chi connectivity index (χ1v) is 16.8. The van der Waals surface area contributed by atoms with Crippen molar-refractivity contribution in [3.05, 3.63) is 65.5 Å². The summed E-state index contributed by atoms with van der Waals surface area (Å²) in [5, 5.41) is 0.853. The van der Waals surface area contributed by atoms with Crippen LogP contribution in [0.4, 0.5) is 16.5 Å². The Morgan fingerprint density at radius 1 is 0.925 bits per heavy atom. The third-order valence-corrected chi connectivity index (χ3v) is 10.4. The molecule has 3 aromatic rings. The smallest absolute Gasteiger partial charge is 0.214 e. The monoisotopic (exact) mass is 584 g/mol. The van der Waals surface area contributed by atoms with Crippen molar-refractivity contribution in [2.75, 3.05) is 61.6 Å². The van der Waals surface area contributed by atoms with Crippen LogP contribution in [0.15, 0.2) is 48.5 Å². The van der Waals surface area contributed by atoms with Gasteiger partial charge in [0.2, 0.25) is 15.2 Å². The summed E-state index contributed by atoms with van der Waals surface area (Å²) in [4.78, 5) is 9.24. The number of rotatable bonds is 14. The van der Waals surface area contributed by atoms with Crippen LogP contribution >= 0.6 is 11.5 Å². The average molecular weight is 585 g/mol. The van der Waals surface area contributed by atoms with Crippen LogP contribution in [0.2, 0.25) is 0 Å². The van der Waals surface area contributed by atoms with Crippen LogP contribution in [0.1, 0.15) is 68.3 Å². The number of nitrogens with zero attached hydrogens (tertiary/aromatic N) is 5. The standard InChI is InChI=1S/C30H44N6O2S2/c1-4-5-6-7-8-9-22-40(37,38)36-20-18-35(19-21-36)30-32-29(33-39-30)28(25-12-14-26(31)15-13-25)23-24-10-16-27(17-11-24)34(2)3/h10-17,28H,4-9,18-23,31H2,1-3H3. The Labute approximate surface area is 244 Å². The van der Waals surface area contributed by atoms with Gasteiger partial charge in [-0.1, -0.05) is 63.3 Å². The van der Waals surface area contributed by atoms with E-state index in [9.17, 15) is 8.42 Å². The van der Waals surface area contributed by atoms with E-state index in [2.05, 4.69) is 53.1 Å². The maximum Gasteiger partial charge on any atom is 0.214 e. The molecule has 1 aliphatic heterocycles. The lowest BCUT2D eigenvalue weighted by Gasteiger charge is -2.33. The van der Waals surface area contributed by atoms with Crippen molar-refractivity contribution in [1.29, 1.82) is 0 Å². The molecular weight excluding hydrogens is 541 g/mol. The maximum absolute atomic E-state index is 12.9. The molecule has 8 nitrogen and oxygen atoms in total. The Morgan fingerprint density at radius 2 is 1.57 bits per heavy atom. The van der Waals surface area contributed by atoms with Crippen LogP contribution in [0.25, 0.3) is 0 Å². The van der Waals surface area contributed by atoms with Gasteiger partial charge in [0, 0.05) is 69.1 Å². The molecule has 0 aliphatic carbocycles. The molecule has 1 aliphatic rings. The summed E-state index contributed by atoms with van der Waals surface area (Å²) in [5.74, 6) is 1.04. The van der Waals surface area contributed by atoms with E-state index in [4.69, 9.17) is 15.1 Å². The highest BCUT2D eigenvalue weighted by Crippen LogP contribution is 2.31. The van der Waals surface area contributed by atoms with Gasteiger partial charge in [-0.25, -0.2) is 13.4 Å². The molecule has 40 heavy (non-hydrogen) atoms. The molecule has 0 spiro atoms. The molecule has 2 N–H and O–H groups in total. The topological polar surface area (TPSA) is 95.7 Å². The van der Waals surface area contributed by atoms with E-state index in [1.54, 1.807) is 4.31 Å². The quantitative estimate of drug-likeness (QED) is 0.201. The molecule has 2 heterocycles. The SMILES string of the molecule is CCCCCCCCS(=O)(=O)N1CCN(c2nc(C(Cc3ccc(N(C)C)cc3)c3ccc(N)cc3)ns2)CC1. The summed E-state index contributed by atoms with van der Waals surface area (Å²) >= 11 is 1.40. The lowest BCUT2D eigenvalue weighted by molar-refractivity contribution is 0.383. The summed E-state index contributed by atoms with van der Waals surface area (Å²) in [6, 6.07) is 16.6. The molecule has 0 bridgehead atoms. The molecule has 0 radical (unpaired) electrons. The minimum absolute atomic E-state index is 0.00482. The van der Waals surface area contributed by atoms with E-state index in [1.165, 1.54) is 36.4 Å². The fraction of sp³-hybridized carbons (Fsp3) is 0.533. The Bertz CT molecular complexity index is 1280. The summed E-state index contributed by atoms with van der Waals surface area (Å²) in [7, 11) is 0.867. The molecule has 10 heteroatoms. The Hall–Kier alpha value is -2.69. The number of nitrogens with two attached hydrogens (primary N) is 1. The van der Waals surface area contributed by atoms with Gasteiger partial charge in [0.15, 0.2) is 5.82 Å². The van der Waals surface area contributed by atoms with E-state index < -0.39 is 10.0 Å². The van der Waals surface area contributed by atoms with E-state index >= 15 is 0 Å². The molecule has 1 saturated heterocycles. The fourth-order valence-electron chi connectivity index (χ4n) is 5.10. The predicted molar refractivity (Wildman–Crippen MR) is 168 cm³/mol. The number of anilines is 3. The first-order chi connectivity index (χ1) is 19.3. The van der Waals surface area contributed by atoms with E-state index in [0.717, 1.165) is 53.6 Å². The summed E-state index contributed by atoms with van der Waals surface area (Å²) < 4.78 is 32.2. The number of hydrogen-bond acceptors (Lipinski definition) is 8. The van der Waals surface area contributed by atoms with Crippen molar-refractivity contribution in [1.82, 2.24) is 13.7 Å². The Kier molecular flexibility index (Phi) is 10.8. The van der Waals surface area contributed by atoms with Crippen LogP contribution < -0.4 is 15.5 Å². The van der Waals surface area contributed by atoms with E-state index in [-0.39, 0.29) is 11.7 Å². The van der Waals surface area contributed by atoms with Crippen LogP contribution in [-0.4, -0.2) is 68.1 Å². The van der Waals surface area contributed by atoms with Crippen molar-refractivity contribution in [3.63, 3.8) is 0 Å². The van der Waals surface area contributed by atoms with Crippen molar-refractivity contribution >= 4 is 38.1 Å². The Balaban J connectivity index is 1.40. The summed E-state index contributed by atoms with van der Waals surface area (Å²) in [6.07, 6.45) is 7.25. The van der Waals surface area contributed by atoms with Gasteiger partial charge < -0.3 is 15.5 Å². The van der Waals surface area contributed by atoms with Crippen molar-refractivity contribution in [2.45, 2.75) is 57.8 Å². The predicted octanol–water partition coefficient (Wildman–Crippen LogP) is 5.37. The highest BCUT2D eigenvalue weighted by molar-refractivity contribution is 7.89. The molecule has 1 atom stereocenters. The largest absolute Gasteiger partial charge is 0.399 e.